The van der Waals surface area contributed by atoms with Crippen LogP contribution in [-0.4, -0.2) is 4.98 Å². The minimum absolute atomic E-state index is 0.250. The van der Waals surface area contributed by atoms with Gasteiger partial charge in [-0.2, -0.15) is 0 Å². The zero-order chi connectivity index (χ0) is 13.8. The average molecular weight is 269 g/mol. The maximum absolute atomic E-state index is 5.77. The number of nitrogens with one attached hydrogen (secondary N) is 1. The Hall–Kier alpha value is -1.45. The molecule has 3 rings (SSSR count). The van der Waals surface area contributed by atoms with Crippen molar-refractivity contribution in [3.05, 3.63) is 42.1 Å². The Kier molecular flexibility index (Phi) is 4.28. The van der Waals surface area contributed by atoms with Crippen molar-refractivity contribution in [2.24, 2.45) is 11.8 Å². The van der Waals surface area contributed by atoms with E-state index in [2.05, 4.69) is 34.7 Å². The topological polar surface area (TPSA) is 50.9 Å². The van der Waals surface area contributed by atoms with Crippen LogP contribution in [0.3, 0.4) is 0 Å². The molecular weight excluding hydrogens is 246 g/mol. The molecule has 1 atom stereocenters. The van der Waals surface area contributed by atoms with Gasteiger partial charge in [-0.05, 0) is 42.5 Å². The maximum Gasteiger partial charge on any atom is 0.0702 e. The van der Waals surface area contributed by atoms with Crippen LogP contribution in [-0.2, 0) is 0 Å². The summed E-state index contributed by atoms with van der Waals surface area (Å²) in [6.45, 7) is 0. The molecule has 1 heterocycles. The number of pyridine rings is 1. The van der Waals surface area contributed by atoms with Crippen LogP contribution in [0.25, 0.3) is 10.9 Å². The Morgan fingerprint density at radius 1 is 1.25 bits per heavy atom. The molecule has 0 aliphatic heterocycles. The van der Waals surface area contributed by atoms with Crippen LogP contribution in [0.5, 0.6) is 0 Å². The summed E-state index contributed by atoms with van der Waals surface area (Å²) in [5.74, 6) is 6.68. The summed E-state index contributed by atoms with van der Waals surface area (Å²) in [6.07, 6.45) is 9.85. The summed E-state index contributed by atoms with van der Waals surface area (Å²) in [4.78, 5) is 4.36. The summed E-state index contributed by atoms with van der Waals surface area (Å²) < 4.78 is 0. The van der Waals surface area contributed by atoms with Crippen LogP contribution in [0.15, 0.2) is 36.5 Å². The second-order valence-corrected chi connectivity index (χ2v) is 5.90. The van der Waals surface area contributed by atoms with E-state index in [0.29, 0.717) is 0 Å². The van der Waals surface area contributed by atoms with Crippen molar-refractivity contribution >= 4 is 10.9 Å². The van der Waals surface area contributed by atoms with Gasteiger partial charge in [-0.1, -0.05) is 37.8 Å². The van der Waals surface area contributed by atoms with Crippen molar-refractivity contribution in [2.75, 3.05) is 0 Å². The number of benzene rings is 1. The molecule has 1 fully saturated rings. The smallest absolute Gasteiger partial charge is 0.0702 e. The van der Waals surface area contributed by atoms with E-state index in [1.807, 2.05) is 12.3 Å². The molecule has 1 aromatic carbocycles. The van der Waals surface area contributed by atoms with E-state index in [4.69, 9.17) is 5.84 Å². The summed E-state index contributed by atoms with van der Waals surface area (Å²) in [5.41, 5.74) is 5.30. The highest BCUT2D eigenvalue weighted by atomic mass is 15.2. The molecule has 1 aliphatic carbocycles. The Morgan fingerprint density at radius 3 is 2.90 bits per heavy atom. The molecule has 0 radical (unpaired) electrons. The summed E-state index contributed by atoms with van der Waals surface area (Å²) in [5, 5.41) is 1.19. The SMILES string of the molecule is NNC(CCC1CCCC1)c1ccc2ncccc2c1. The largest absolute Gasteiger partial charge is 0.271 e. The quantitative estimate of drug-likeness (QED) is 0.642. The first-order valence-corrected chi connectivity index (χ1v) is 7.67. The number of hydrogen-bond donors (Lipinski definition) is 2. The first-order chi connectivity index (χ1) is 9.86. The minimum atomic E-state index is 0.250. The van der Waals surface area contributed by atoms with E-state index < -0.39 is 0 Å². The van der Waals surface area contributed by atoms with Gasteiger partial charge in [-0.25, -0.2) is 0 Å². The molecule has 3 nitrogen and oxygen atoms in total. The fourth-order valence-corrected chi connectivity index (χ4v) is 3.36. The van der Waals surface area contributed by atoms with Crippen LogP contribution in [0.2, 0.25) is 0 Å². The third-order valence-electron chi connectivity index (χ3n) is 4.57. The molecular formula is C17H23N3. The molecule has 1 saturated carbocycles. The van der Waals surface area contributed by atoms with E-state index in [1.54, 1.807) is 0 Å². The first kappa shape index (κ1) is 13.5. The van der Waals surface area contributed by atoms with Gasteiger partial charge in [-0.15, -0.1) is 0 Å². The molecule has 2 aromatic rings. The molecule has 3 N–H and O–H groups in total. The highest BCUT2D eigenvalue weighted by Crippen LogP contribution is 2.31. The number of fused-ring (bicyclic) bond motifs is 1. The highest BCUT2D eigenvalue weighted by Gasteiger charge is 2.18. The zero-order valence-electron chi connectivity index (χ0n) is 11.9. The summed E-state index contributed by atoms with van der Waals surface area (Å²) in [7, 11) is 0. The molecule has 1 unspecified atom stereocenters. The van der Waals surface area contributed by atoms with E-state index in [1.165, 1.54) is 43.1 Å². The second kappa shape index (κ2) is 6.33. The van der Waals surface area contributed by atoms with Gasteiger partial charge in [0.25, 0.3) is 0 Å². The lowest BCUT2D eigenvalue weighted by atomic mass is 9.94. The number of hydrogen-bond acceptors (Lipinski definition) is 3. The Labute approximate surface area is 120 Å². The molecule has 0 saturated heterocycles. The number of aromatic nitrogens is 1. The van der Waals surface area contributed by atoms with E-state index in [0.717, 1.165) is 17.9 Å². The fraction of sp³-hybridized carbons (Fsp3) is 0.471. The Balaban J connectivity index is 1.72. The van der Waals surface area contributed by atoms with Crippen molar-refractivity contribution in [3.63, 3.8) is 0 Å². The number of rotatable bonds is 5. The lowest BCUT2D eigenvalue weighted by Gasteiger charge is -2.19. The van der Waals surface area contributed by atoms with Crippen molar-refractivity contribution in [2.45, 2.75) is 44.6 Å². The predicted molar refractivity (Wildman–Crippen MR) is 83.0 cm³/mol. The molecule has 20 heavy (non-hydrogen) atoms. The van der Waals surface area contributed by atoms with E-state index in [-0.39, 0.29) is 6.04 Å². The number of nitrogens with two attached hydrogens (primary N) is 1. The Morgan fingerprint density at radius 2 is 2.10 bits per heavy atom. The van der Waals surface area contributed by atoms with Crippen LogP contribution in [0.1, 0.15) is 50.1 Å². The summed E-state index contributed by atoms with van der Waals surface area (Å²) in [6, 6.07) is 10.8. The third-order valence-corrected chi connectivity index (χ3v) is 4.57. The van der Waals surface area contributed by atoms with Crippen molar-refractivity contribution in [1.82, 2.24) is 10.4 Å². The lowest BCUT2D eigenvalue weighted by molar-refractivity contribution is 0.416. The second-order valence-electron chi connectivity index (χ2n) is 5.90. The lowest BCUT2D eigenvalue weighted by Crippen LogP contribution is -2.28. The summed E-state index contributed by atoms with van der Waals surface area (Å²) >= 11 is 0. The predicted octanol–water partition coefficient (Wildman–Crippen LogP) is 3.71. The molecule has 106 valence electrons. The highest BCUT2D eigenvalue weighted by molar-refractivity contribution is 5.79. The third kappa shape index (κ3) is 3.00. The van der Waals surface area contributed by atoms with Gasteiger partial charge >= 0.3 is 0 Å². The van der Waals surface area contributed by atoms with Gasteiger partial charge in [0.1, 0.15) is 0 Å². The molecule has 3 heteroatoms. The standard InChI is InChI=1S/C17H23N3/c18-20-17(9-7-13-4-1-2-5-13)15-8-10-16-14(12-15)6-3-11-19-16/h3,6,8,10-13,17,20H,1-2,4-5,7,9,18H2. The van der Waals surface area contributed by atoms with Crippen LogP contribution in [0, 0.1) is 5.92 Å². The van der Waals surface area contributed by atoms with Gasteiger partial charge in [0.2, 0.25) is 0 Å². The van der Waals surface area contributed by atoms with Crippen molar-refractivity contribution < 1.29 is 0 Å². The van der Waals surface area contributed by atoms with Gasteiger partial charge in [0.15, 0.2) is 0 Å². The fourth-order valence-electron chi connectivity index (χ4n) is 3.36. The normalized spacial score (nSPS) is 17.6. The first-order valence-electron chi connectivity index (χ1n) is 7.67. The molecule has 0 bridgehead atoms. The van der Waals surface area contributed by atoms with Gasteiger partial charge in [0, 0.05) is 17.6 Å². The Bertz CT molecular complexity index is 561. The average Bonchev–Trinajstić information content (AvgIpc) is 3.01. The molecule has 0 spiro atoms. The van der Waals surface area contributed by atoms with Gasteiger partial charge in [-0.3, -0.25) is 16.3 Å². The number of nitrogens with zero attached hydrogens (tertiary/aromatic N) is 1. The van der Waals surface area contributed by atoms with E-state index in [9.17, 15) is 0 Å². The molecule has 0 amide bonds. The zero-order valence-corrected chi connectivity index (χ0v) is 11.9. The molecule has 1 aliphatic rings. The van der Waals surface area contributed by atoms with Crippen LogP contribution < -0.4 is 11.3 Å². The number of hydrazine groups is 1. The van der Waals surface area contributed by atoms with Gasteiger partial charge in [0.05, 0.1) is 5.52 Å². The molecule has 1 aromatic heterocycles. The minimum Gasteiger partial charge on any atom is -0.271 e. The van der Waals surface area contributed by atoms with Crippen LogP contribution in [0.4, 0.5) is 0 Å². The van der Waals surface area contributed by atoms with Crippen LogP contribution >= 0.6 is 0 Å². The monoisotopic (exact) mass is 269 g/mol. The van der Waals surface area contributed by atoms with Gasteiger partial charge < -0.3 is 0 Å². The van der Waals surface area contributed by atoms with Crippen molar-refractivity contribution in [3.8, 4) is 0 Å². The van der Waals surface area contributed by atoms with E-state index >= 15 is 0 Å². The van der Waals surface area contributed by atoms with Crippen molar-refractivity contribution in [1.29, 1.82) is 0 Å². The maximum atomic E-state index is 5.77.